The summed E-state index contributed by atoms with van der Waals surface area (Å²) in [5, 5.41) is 4.52. The van der Waals surface area contributed by atoms with Crippen molar-refractivity contribution < 1.29 is 4.74 Å². The van der Waals surface area contributed by atoms with Gasteiger partial charge in [0, 0.05) is 17.1 Å². The zero-order valence-corrected chi connectivity index (χ0v) is 11.4. The molecule has 1 atom stereocenters. The lowest BCUT2D eigenvalue weighted by Crippen LogP contribution is -2.55. The van der Waals surface area contributed by atoms with E-state index in [0.717, 1.165) is 18.2 Å². The van der Waals surface area contributed by atoms with Crippen LogP contribution in [0, 0.1) is 0 Å². The zero-order valence-electron chi connectivity index (χ0n) is 10.6. The van der Waals surface area contributed by atoms with Crippen molar-refractivity contribution in [3.05, 3.63) is 34.9 Å². The van der Waals surface area contributed by atoms with E-state index >= 15 is 0 Å². The van der Waals surface area contributed by atoms with E-state index in [9.17, 15) is 0 Å². The Morgan fingerprint density at radius 1 is 1.22 bits per heavy atom. The molecular formula is C15H20ClNO. The van der Waals surface area contributed by atoms with Crippen molar-refractivity contribution in [2.24, 2.45) is 0 Å². The van der Waals surface area contributed by atoms with Crippen LogP contribution in [0.15, 0.2) is 24.3 Å². The van der Waals surface area contributed by atoms with Crippen molar-refractivity contribution in [1.82, 2.24) is 5.32 Å². The van der Waals surface area contributed by atoms with Crippen molar-refractivity contribution in [2.75, 3.05) is 13.2 Å². The van der Waals surface area contributed by atoms with Gasteiger partial charge in [-0.3, -0.25) is 0 Å². The summed E-state index contributed by atoms with van der Waals surface area (Å²) in [6.45, 7) is 1.74. The zero-order chi connectivity index (χ0) is 12.4. The monoisotopic (exact) mass is 265 g/mol. The molecule has 1 aromatic rings. The van der Waals surface area contributed by atoms with Crippen molar-refractivity contribution >= 4 is 11.6 Å². The van der Waals surface area contributed by atoms with Gasteiger partial charge in [-0.25, -0.2) is 0 Å². The molecule has 2 aliphatic rings. The van der Waals surface area contributed by atoms with E-state index in [4.69, 9.17) is 16.3 Å². The fraction of sp³-hybridized carbons (Fsp3) is 0.600. The van der Waals surface area contributed by atoms with Crippen LogP contribution in [-0.2, 0) is 4.74 Å². The predicted molar refractivity (Wildman–Crippen MR) is 74.0 cm³/mol. The van der Waals surface area contributed by atoms with Gasteiger partial charge in [0.15, 0.2) is 0 Å². The number of morpholine rings is 1. The fourth-order valence-electron chi connectivity index (χ4n) is 3.15. The summed E-state index contributed by atoms with van der Waals surface area (Å²) in [6.07, 6.45) is 6.71. The molecule has 2 nitrogen and oxygen atoms in total. The smallest absolute Gasteiger partial charge is 0.0950 e. The Hall–Kier alpha value is -0.570. The molecule has 0 radical (unpaired) electrons. The third-order valence-corrected chi connectivity index (χ3v) is 4.49. The van der Waals surface area contributed by atoms with E-state index in [1.54, 1.807) is 0 Å². The van der Waals surface area contributed by atoms with E-state index in [-0.39, 0.29) is 11.6 Å². The number of halogens is 1. The van der Waals surface area contributed by atoms with Gasteiger partial charge in [-0.2, -0.15) is 0 Å². The molecule has 0 bridgehead atoms. The number of nitrogens with one attached hydrogen (secondary N) is 1. The van der Waals surface area contributed by atoms with Crippen LogP contribution in [0.3, 0.4) is 0 Å². The predicted octanol–water partition coefficient (Wildman–Crippen LogP) is 3.70. The first-order valence-corrected chi connectivity index (χ1v) is 7.27. The third-order valence-electron chi connectivity index (χ3n) is 4.25. The van der Waals surface area contributed by atoms with E-state index in [1.807, 2.05) is 18.2 Å². The van der Waals surface area contributed by atoms with Crippen LogP contribution in [0.2, 0.25) is 5.02 Å². The molecule has 18 heavy (non-hydrogen) atoms. The minimum absolute atomic E-state index is 0.149. The second kappa shape index (κ2) is 5.20. The molecular weight excluding hydrogens is 246 g/mol. The van der Waals surface area contributed by atoms with Gasteiger partial charge >= 0.3 is 0 Å². The Kier molecular flexibility index (Phi) is 3.60. The largest absolute Gasteiger partial charge is 0.370 e. The van der Waals surface area contributed by atoms with Crippen LogP contribution in [0.4, 0.5) is 0 Å². The molecule has 1 unspecified atom stereocenters. The highest BCUT2D eigenvalue weighted by molar-refractivity contribution is 6.30. The number of ether oxygens (including phenoxy) is 1. The molecule has 1 spiro atoms. The topological polar surface area (TPSA) is 21.3 Å². The molecule has 3 rings (SSSR count). The minimum Gasteiger partial charge on any atom is -0.370 e. The van der Waals surface area contributed by atoms with E-state index in [1.165, 1.54) is 37.7 Å². The first-order chi connectivity index (χ1) is 8.77. The molecule has 0 aromatic heterocycles. The quantitative estimate of drug-likeness (QED) is 0.836. The number of rotatable bonds is 1. The molecule has 3 heteroatoms. The summed E-state index contributed by atoms with van der Waals surface area (Å²) in [7, 11) is 0. The number of benzene rings is 1. The Bertz CT molecular complexity index is 405. The Morgan fingerprint density at radius 2 is 2.06 bits per heavy atom. The van der Waals surface area contributed by atoms with Gasteiger partial charge in [-0.05, 0) is 30.5 Å². The van der Waals surface area contributed by atoms with Gasteiger partial charge in [-0.1, -0.05) is 43.0 Å². The normalized spacial score (nSPS) is 27.3. The van der Waals surface area contributed by atoms with E-state index in [2.05, 4.69) is 11.4 Å². The summed E-state index contributed by atoms with van der Waals surface area (Å²) >= 11 is 6.03. The highest BCUT2D eigenvalue weighted by atomic mass is 35.5. The lowest BCUT2D eigenvalue weighted by atomic mass is 9.81. The first kappa shape index (κ1) is 12.5. The molecule has 1 aliphatic carbocycles. The second-order valence-electron chi connectivity index (χ2n) is 5.58. The molecule has 1 saturated heterocycles. The standard InChI is InChI=1S/C15H20ClNO/c16-13-6-4-5-12(9-13)14-10-17-15(11-18-14)7-2-1-3-8-15/h4-6,9,14,17H,1-3,7-8,10-11H2. The molecule has 1 saturated carbocycles. The maximum absolute atomic E-state index is 6.09. The van der Waals surface area contributed by atoms with Crippen LogP contribution in [0.1, 0.15) is 43.8 Å². The van der Waals surface area contributed by atoms with Crippen molar-refractivity contribution in [3.8, 4) is 0 Å². The maximum Gasteiger partial charge on any atom is 0.0950 e. The van der Waals surface area contributed by atoms with E-state index in [0.29, 0.717) is 0 Å². The van der Waals surface area contributed by atoms with Crippen LogP contribution in [0.5, 0.6) is 0 Å². The van der Waals surface area contributed by atoms with Gasteiger partial charge in [0.1, 0.15) is 0 Å². The molecule has 0 amide bonds. The van der Waals surface area contributed by atoms with Gasteiger partial charge in [0.05, 0.1) is 12.7 Å². The van der Waals surface area contributed by atoms with Gasteiger partial charge < -0.3 is 10.1 Å². The van der Waals surface area contributed by atoms with Gasteiger partial charge in [-0.15, -0.1) is 0 Å². The number of hydrogen-bond donors (Lipinski definition) is 1. The second-order valence-corrected chi connectivity index (χ2v) is 6.01. The van der Waals surface area contributed by atoms with Crippen molar-refractivity contribution in [2.45, 2.75) is 43.7 Å². The van der Waals surface area contributed by atoms with Crippen LogP contribution < -0.4 is 5.32 Å². The molecule has 1 heterocycles. The van der Waals surface area contributed by atoms with Gasteiger partial charge in [0.25, 0.3) is 0 Å². The van der Waals surface area contributed by atoms with Crippen LogP contribution in [0.25, 0.3) is 0 Å². The van der Waals surface area contributed by atoms with Crippen LogP contribution >= 0.6 is 11.6 Å². The lowest BCUT2D eigenvalue weighted by molar-refractivity contribution is -0.0466. The first-order valence-electron chi connectivity index (χ1n) is 6.90. The van der Waals surface area contributed by atoms with Gasteiger partial charge in [0.2, 0.25) is 0 Å². The number of hydrogen-bond acceptors (Lipinski definition) is 2. The third kappa shape index (κ3) is 2.56. The molecule has 2 fully saturated rings. The van der Waals surface area contributed by atoms with Crippen LogP contribution in [-0.4, -0.2) is 18.7 Å². The van der Waals surface area contributed by atoms with Crippen molar-refractivity contribution in [1.29, 1.82) is 0 Å². The molecule has 1 N–H and O–H groups in total. The fourth-order valence-corrected chi connectivity index (χ4v) is 3.35. The summed E-state index contributed by atoms with van der Waals surface area (Å²) in [4.78, 5) is 0. The Labute approximate surface area is 114 Å². The van der Waals surface area contributed by atoms with Crippen molar-refractivity contribution in [3.63, 3.8) is 0 Å². The molecule has 1 aliphatic heterocycles. The maximum atomic E-state index is 6.09. The summed E-state index contributed by atoms with van der Waals surface area (Å²) in [5.74, 6) is 0. The summed E-state index contributed by atoms with van der Waals surface area (Å²) < 4.78 is 6.09. The Morgan fingerprint density at radius 3 is 2.72 bits per heavy atom. The summed E-state index contributed by atoms with van der Waals surface area (Å²) in [6, 6.07) is 8.00. The Balaban J connectivity index is 1.66. The average Bonchev–Trinajstić information content (AvgIpc) is 2.40. The van der Waals surface area contributed by atoms with E-state index < -0.39 is 0 Å². The summed E-state index contributed by atoms with van der Waals surface area (Å²) in [5.41, 5.74) is 1.44. The minimum atomic E-state index is 0.149. The highest BCUT2D eigenvalue weighted by Gasteiger charge is 2.36. The SMILES string of the molecule is Clc1cccc(C2CNC3(CCCCC3)CO2)c1. The average molecular weight is 266 g/mol. The lowest BCUT2D eigenvalue weighted by Gasteiger charge is -2.43. The molecule has 98 valence electrons. The highest BCUT2D eigenvalue weighted by Crippen LogP contribution is 2.34. The molecule has 1 aromatic carbocycles.